The Balaban J connectivity index is 2.15. The molecule has 2 rings (SSSR count). The van der Waals surface area contributed by atoms with Crippen molar-refractivity contribution in [3.8, 4) is 0 Å². The molecular formula is C20H20F3NO4. The van der Waals surface area contributed by atoms with Gasteiger partial charge in [0.05, 0.1) is 18.3 Å². The van der Waals surface area contributed by atoms with Crippen molar-refractivity contribution in [3.63, 3.8) is 0 Å². The number of halogens is 3. The number of carbonyl (C=O) groups excluding carboxylic acids is 2. The Bertz CT molecular complexity index is 791. The Kier molecular flexibility index (Phi) is 7.17. The summed E-state index contributed by atoms with van der Waals surface area (Å²) in [4.78, 5) is 24.4. The monoisotopic (exact) mass is 395 g/mol. The van der Waals surface area contributed by atoms with Crippen molar-refractivity contribution in [1.29, 1.82) is 0 Å². The highest BCUT2D eigenvalue weighted by Gasteiger charge is 2.33. The number of ether oxygens (including phenoxy) is 1. The Morgan fingerprint density at radius 3 is 2.21 bits per heavy atom. The Labute approximate surface area is 160 Å². The second-order valence-electron chi connectivity index (χ2n) is 6.00. The Morgan fingerprint density at radius 2 is 1.68 bits per heavy atom. The van der Waals surface area contributed by atoms with Crippen LogP contribution in [0.1, 0.15) is 34.5 Å². The van der Waals surface area contributed by atoms with Crippen LogP contribution in [-0.2, 0) is 15.7 Å². The lowest BCUT2D eigenvalue weighted by Gasteiger charge is -2.22. The SMILES string of the molecule is CCOC(=O)[C@@H](CNC(=O)c1ccccc1)[C@H](O)c1ccc(C(F)(F)F)cc1. The summed E-state index contributed by atoms with van der Waals surface area (Å²) < 4.78 is 43.0. The predicted octanol–water partition coefficient (Wildman–Crippen LogP) is 3.35. The predicted molar refractivity (Wildman–Crippen MR) is 95.3 cm³/mol. The molecule has 8 heteroatoms. The van der Waals surface area contributed by atoms with Crippen LogP contribution in [0.4, 0.5) is 13.2 Å². The van der Waals surface area contributed by atoms with Crippen LogP contribution in [-0.4, -0.2) is 30.1 Å². The smallest absolute Gasteiger partial charge is 0.416 e. The van der Waals surface area contributed by atoms with E-state index in [1.54, 1.807) is 37.3 Å². The zero-order valence-electron chi connectivity index (χ0n) is 15.1. The summed E-state index contributed by atoms with van der Waals surface area (Å²) in [5, 5.41) is 13.1. The molecule has 0 aliphatic rings. The summed E-state index contributed by atoms with van der Waals surface area (Å²) in [6, 6.07) is 12.1. The number of nitrogens with one attached hydrogen (secondary N) is 1. The number of esters is 1. The average molecular weight is 395 g/mol. The lowest BCUT2D eigenvalue weighted by atomic mass is 9.94. The maximum Gasteiger partial charge on any atom is 0.416 e. The van der Waals surface area contributed by atoms with E-state index in [4.69, 9.17) is 4.74 Å². The number of aliphatic hydroxyl groups excluding tert-OH is 1. The molecule has 0 aliphatic heterocycles. The van der Waals surface area contributed by atoms with Crippen molar-refractivity contribution in [2.75, 3.05) is 13.2 Å². The van der Waals surface area contributed by atoms with E-state index in [9.17, 15) is 27.9 Å². The van der Waals surface area contributed by atoms with Gasteiger partial charge in [0.15, 0.2) is 0 Å². The number of rotatable bonds is 7. The fourth-order valence-corrected chi connectivity index (χ4v) is 2.57. The van der Waals surface area contributed by atoms with E-state index < -0.39 is 35.6 Å². The first-order chi connectivity index (χ1) is 13.2. The van der Waals surface area contributed by atoms with E-state index in [2.05, 4.69) is 5.32 Å². The second kappa shape index (κ2) is 9.36. The third-order valence-electron chi connectivity index (χ3n) is 4.07. The molecule has 0 aromatic heterocycles. The number of hydrogen-bond donors (Lipinski definition) is 2. The lowest BCUT2D eigenvalue weighted by Crippen LogP contribution is -2.37. The maximum absolute atomic E-state index is 12.7. The van der Waals surface area contributed by atoms with Gasteiger partial charge in [-0.2, -0.15) is 13.2 Å². The Morgan fingerprint density at radius 1 is 1.07 bits per heavy atom. The number of aliphatic hydroxyl groups is 1. The van der Waals surface area contributed by atoms with E-state index in [1.165, 1.54) is 0 Å². The molecule has 150 valence electrons. The number of carbonyl (C=O) groups is 2. The van der Waals surface area contributed by atoms with Crippen LogP contribution in [0.25, 0.3) is 0 Å². The van der Waals surface area contributed by atoms with Gasteiger partial charge in [-0.05, 0) is 36.8 Å². The first-order valence-electron chi connectivity index (χ1n) is 8.59. The molecule has 2 aromatic rings. The number of hydrogen-bond acceptors (Lipinski definition) is 4. The van der Waals surface area contributed by atoms with Gasteiger partial charge in [-0.15, -0.1) is 0 Å². The normalized spacial score (nSPS) is 13.5. The van der Waals surface area contributed by atoms with Gasteiger partial charge in [-0.25, -0.2) is 0 Å². The zero-order chi connectivity index (χ0) is 20.7. The second-order valence-corrected chi connectivity index (χ2v) is 6.00. The van der Waals surface area contributed by atoms with E-state index in [-0.39, 0.29) is 18.7 Å². The van der Waals surface area contributed by atoms with Crippen molar-refractivity contribution in [3.05, 3.63) is 71.3 Å². The first kappa shape index (κ1) is 21.4. The highest BCUT2D eigenvalue weighted by molar-refractivity contribution is 5.94. The van der Waals surface area contributed by atoms with Gasteiger partial charge in [-0.1, -0.05) is 30.3 Å². The third kappa shape index (κ3) is 5.56. The van der Waals surface area contributed by atoms with Crippen molar-refractivity contribution in [2.45, 2.75) is 19.2 Å². The van der Waals surface area contributed by atoms with E-state index in [0.29, 0.717) is 5.56 Å². The fraction of sp³-hybridized carbons (Fsp3) is 0.300. The van der Waals surface area contributed by atoms with Crippen LogP contribution in [0.5, 0.6) is 0 Å². The summed E-state index contributed by atoms with van der Waals surface area (Å²) in [6.07, 6.45) is -5.95. The molecule has 0 radical (unpaired) electrons. The highest BCUT2D eigenvalue weighted by atomic mass is 19.4. The minimum absolute atomic E-state index is 0.0572. The molecule has 0 bridgehead atoms. The van der Waals surface area contributed by atoms with Crippen LogP contribution in [0, 0.1) is 5.92 Å². The minimum atomic E-state index is -4.51. The number of benzene rings is 2. The van der Waals surface area contributed by atoms with Gasteiger partial charge >= 0.3 is 12.1 Å². The molecular weight excluding hydrogens is 375 g/mol. The third-order valence-corrected chi connectivity index (χ3v) is 4.07. The topological polar surface area (TPSA) is 75.6 Å². The molecule has 0 spiro atoms. The molecule has 1 amide bonds. The molecule has 2 aromatic carbocycles. The van der Waals surface area contributed by atoms with Crippen LogP contribution in [0.3, 0.4) is 0 Å². The fourth-order valence-electron chi connectivity index (χ4n) is 2.57. The van der Waals surface area contributed by atoms with Gasteiger partial charge in [0, 0.05) is 12.1 Å². The molecule has 0 aliphatic carbocycles. The maximum atomic E-state index is 12.7. The summed E-state index contributed by atoms with van der Waals surface area (Å²) in [5.41, 5.74) is -0.386. The van der Waals surface area contributed by atoms with Crippen LogP contribution in [0.2, 0.25) is 0 Å². The Hall–Kier alpha value is -2.87. The first-order valence-corrected chi connectivity index (χ1v) is 8.59. The molecule has 5 nitrogen and oxygen atoms in total. The molecule has 0 saturated carbocycles. The van der Waals surface area contributed by atoms with Crippen molar-refractivity contribution < 1.29 is 32.6 Å². The number of amides is 1. The molecule has 0 heterocycles. The van der Waals surface area contributed by atoms with Crippen molar-refractivity contribution in [1.82, 2.24) is 5.32 Å². The van der Waals surface area contributed by atoms with E-state index in [0.717, 1.165) is 24.3 Å². The molecule has 2 atom stereocenters. The van der Waals surface area contributed by atoms with Gasteiger partial charge in [0.25, 0.3) is 5.91 Å². The van der Waals surface area contributed by atoms with Gasteiger partial charge < -0.3 is 15.2 Å². The summed E-state index contributed by atoms with van der Waals surface area (Å²) in [5.74, 6) is -2.39. The van der Waals surface area contributed by atoms with E-state index in [1.807, 2.05) is 0 Å². The summed E-state index contributed by atoms with van der Waals surface area (Å²) in [6.45, 7) is 1.40. The van der Waals surface area contributed by atoms with Gasteiger partial charge in [0.1, 0.15) is 5.92 Å². The standard InChI is InChI=1S/C20H20F3NO4/c1-2-28-19(27)16(12-24-18(26)14-6-4-3-5-7-14)17(25)13-8-10-15(11-9-13)20(21,22)23/h3-11,16-17,25H,2,12H2,1H3,(H,24,26)/t16-,17+/m0/s1. The van der Waals surface area contributed by atoms with Crippen LogP contribution in [0.15, 0.2) is 54.6 Å². The van der Waals surface area contributed by atoms with Crippen LogP contribution < -0.4 is 5.32 Å². The molecule has 0 unspecified atom stereocenters. The van der Waals surface area contributed by atoms with Gasteiger partial charge in [-0.3, -0.25) is 9.59 Å². The average Bonchev–Trinajstić information content (AvgIpc) is 2.68. The van der Waals surface area contributed by atoms with Crippen LogP contribution >= 0.6 is 0 Å². The summed E-state index contributed by atoms with van der Waals surface area (Å²) >= 11 is 0. The largest absolute Gasteiger partial charge is 0.466 e. The van der Waals surface area contributed by atoms with Gasteiger partial charge in [0.2, 0.25) is 0 Å². The molecule has 0 fully saturated rings. The van der Waals surface area contributed by atoms with E-state index >= 15 is 0 Å². The molecule has 28 heavy (non-hydrogen) atoms. The minimum Gasteiger partial charge on any atom is -0.466 e. The molecule has 2 N–H and O–H groups in total. The van der Waals surface area contributed by atoms with Crippen molar-refractivity contribution in [2.24, 2.45) is 5.92 Å². The molecule has 0 saturated heterocycles. The zero-order valence-corrected chi connectivity index (χ0v) is 15.1. The lowest BCUT2D eigenvalue weighted by molar-refractivity contribution is -0.152. The quantitative estimate of drug-likeness (QED) is 0.705. The summed E-state index contributed by atoms with van der Waals surface area (Å²) in [7, 11) is 0. The highest BCUT2D eigenvalue weighted by Crippen LogP contribution is 2.31. The number of alkyl halides is 3. The van der Waals surface area contributed by atoms with Crippen molar-refractivity contribution >= 4 is 11.9 Å².